The molecular weight excluding hydrogens is 339 g/mol. The molecule has 0 bridgehead atoms. The molecule has 0 aliphatic carbocycles. The van der Waals surface area contributed by atoms with Crippen LogP contribution in [0.1, 0.15) is 12.8 Å². The van der Waals surface area contributed by atoms with Crippen LogP contribution in [0.25, 0.3) is 0 Å². The summed E-state index contributed by atoms with van der Waals surface area (Å²) in [6, 6.07) is 3.20. The molecule has 0 saturated carbocycles. The summed E-state index contributed by atoms with van der Waals surface area (Å²) in [5.74, 6) is -1.14. The normalized spacial score (nSPS) is 17.9. The third-order valence-corrected chi connectivity index (χ3v) is 5.56. The first-order valence-corrected chi connectivity index (χ1v) is 8.97. The Balaban J connectivity index is 2.03. The molecule has 134 valence electrons. The molecule has 24 heavy (non-hydrogen) atoms. The molecule has 1 aromatic carbocycles. The maximum absolute atomic E-state index is 13.4. The number of benzene rings is 1. The van der Waals surface area contributed by atoms with Gasteiger partial charge >= 0.3 is 0 Å². The Bertz CT molecular complexity index is 689. The Labute approximate surface area is 140 Å². The second-order valence-electron chi connectivity index (χ2n) is 5.50. The van der Waals surface area contributed by atoms with Crippen molar-refractivity contribution in [2.45, 2.75) is 23.8 Å². The highest BCUT2D eigenvalue weighted by Gasteiger charge is 2.27. The molecule has 1 aliphatic rings. The maximum Gasteiger partial charge on any atom is 0.247 e. The van der Waals surface area contributed by atoms with Crippen LogP contribution in [0.15, 0.2) is 23.1 Å². The zero-order valence-corrected chi connectivity index (χ0v) is 14.4. The number of nitrogens with zero attached hydrogens (tertiary/aromatic N) is 1. The first-order chi connectivity index (χ1) is 11.3. The van der Waals surface area contributed by atoms with Crippen LogP contribution in [-0.2, 0) is 19.6 Å². The van der Waals surface area contributed by atoms with Gasteiger partial charge in [-0.1, -0.05) is 0 Å². The monoisotopic (exact) mass is 360 g/mol. The number of carbonyl (C=O) groups excluding carboxylic acids is 1. The van der Waals surface area contributed by atoms with Gasteiger partial charge in [-0.05, 0) is 31.0 Å². The minimum Gasteiger partial charge on any atom is -0.495 e. The lowest BCUT2D eigenvalue weighted by Gasteiger charge is -2.19. The average Bonchev–Trinajstić information content (AvgIpc) is 3.06. The molecule has 9 heteroatoms. The first-order valence-electron chi connectivity index (χ1n) is 7.52. The summed E-state index contributed by atoms with van der Waals surface area (Å²) >= 11 is 0. The van der Waals surface area contributed by atoms with Crippen molar-refractivity contribution in [1.82, 2.24) is 9.62 Å². The molecule has 0 radical (unpaired) electrons. The Morgan fingerprint density at radius 2 is 2.25 bits per heavy atom. The van der Waals surface area contributed by atoms with Crippen molar-refractivity contribution < 1.29 is 27.1 Å². The topological polar surface area (TPSA) is 84.9 Å². The van der Waals surface area contributed by atoms with Crippen LogP contribution in [0.3, 0.4) is 0 Å². The van der Waals surface area contributed by atoms with Gasteiger partial charge in [0.05, 0.1) is 19.8 Å². The van der Waals surface area contributed by atoms with E-state index in [1.807, 2.05) is 0 Å². The number of rotatable bonds is 7. The van der Waals surface area contributed by atoms with E-state index in [2.05, 4.69) is 5.32 Å². The summed E-state index contributed by atoms with van der Waals surface area (Å²) in [4.78, 5) is 11.6. The second kappa shape index (κ2) is 7.91. The maximum atomic E-state index is 13.4. The summed E-state index contributed by atoms with van der Waals surface area (Å²) < 4.78 is 49.7. The molecule has 1 atom stereocenters. The van der Waals surface area contributed by atoms with Gasteiger partial charge in [0.1, 0.15) is 16.5 Å². The van der Waals surface area contributed by atoms with Crippen molar-refractivity contribution >= 4 is 15.9 Å². The van der Waals surface area contributed by atoms with E-state index < -0.39 is 21.7 Å². The van der Waals surface area contributed by atoms with Gasteiger partial charge in [-0.25, -0.2) is 12.8 Å². The van der Waals surface area contributed by atoms with Gasteiger partial charge in [0.25, 0.3) is 0 Å². The van der Waals surface area contributed by atoms with Crippen LogP contribution in [-0.4, -0.2) is 58.6 Å². The Kier molecular flexibility index (Phi) is 6.14. The van der Waals surface area contributed by atoms with Crippen molar-refractivity contribution in [3.05, 3.63) is 24.0 Å². The first kappa shape index (κ1) is 18.6. The van der Waals surface area contributed by atoms with Gasteiger partial charge in [0, 0.05) is 20.2 Å². The van der Waals surface area contributed by atoms with E-state index >= 15 is 0 Å². The van der Waals surface area contributed by atoms with Gasteiger partial charge in [0.15, 0.2) is 0 Å². The number of hydrogen-bond donors (Lipinski definition) is 1. The smallest absolute Gasteiger partial charge is 0.247 e. The van der Waals surface area contributed by atoms with Crippen LogP contribution in [0.2, 0.25) is 0 Å². The molecule has 1 aliphatic heterocycles. The number of methoxy groups -OCH3 is 1. The molecular formula is C15H21FN2O5S. The van der Waals surface area contributed by atoms with E-state index in [1.54, 1.807) is 0 Å². The minimum absolute atomic E-state index is 0.0167. The molecule has 7 nitrogen and oxygen atoms in total. The third kappa shape index (κ3) is 4.43. The molecule has 1 fully saturated rings. The number of likely N-dealkylation sites (N-methyl/N-ethyl adjacent to an activating group) is 1. The highest BCUT2D eigenvalue weighted by molar-refractivity contribution is 7.89. The molecule has 1 unspecified atom stereocenters. The van der Waals surface area contributed by atoms with Gasteiger partial charge < -0.3 is 14.8 Å². The van der Waals surface area contributed by atoms with Gasteiger partial charge in [-0.2, -0.15) is 4.31 Å². The molecule has 1 N–H and O–H groups in total. The van der Waals surface area contributed by atoms with E-state index in [1.165, 1.54) is 20.2 Å². The molecule has 1 amide bonds. The Morgan fingerprint density at radius 1 is 1.50 bits per heavy atom. The highest BCUT2D eigenvalue weighted by atomic mass is 32.2. The fourth-order valence-electron chi connectivity index (χ4n) is 2.40. The number of ether oxygens (including phenoxy) is 2. The van der Waals surface area contributed by atoms with E-state index in [9.17, 15) is 17.6 Å². The number of nitrogens with one attached hydrogen (secondary N) is 1. The standard InChI is InChI=1S/C15H21FN2O5S/c1-18(10-15(19)17-9-12-4-3-7-23-12)24(20,21)14-8-11(16)5-6-13(14)22-2/h5-6,8,12H,3-4,7,9-10H2,1-2H3,(H,17,19). The summed E-state index contributed by atoms with van der Waals surface area (Å²) in [5, 5.41) is 2.64. The van der Waals surface area contributed by atoms with Gasteiger partial charge in [0.2, 0.25) is 15.9 Å². The van der Waals surface area contributed by atoms with E-state index in [0.29, 0.717) is 13.2 Å². The van der Waals surface area contributed by atoms with Crippen LogP contribution >= 0.6 is 0 Å². The summed E-state index contributed by atoms with van der Waals surface area (Å²) in [5.41, 5.74) is 0. The summed E-state index contributed by atoms with van der Waals surface area (Å²) in [7, 11) is -1.51. The molecule has 0 spiro atoms. The predicted octanol–water partition coefficient (Wildman–Crippen LogP) is 0.750. The fourth-order valence-corrected chi connectivity index (χ4v) is 3.69. The second-order valence-corrected chi connectivity index (χ2v) is 7.51. The molecule has 1 heterocycles. The largest absolute Gasteiger partial charge is 0.495 e. The Morgan fingerprint density at radius 3 is 2.88 bits per heavy atom. The van der Waals surface area contributed by atoms with Gasteiger partial charge in [-0.15, -0.1) is 0 Å². The fraction of sp³-hybridized carbons (Fsp3) is 0.533. The van der Waals surface area contributed by atoms with Crippen LogP contribution in [0.4, 0.5) is 4.39 Å². The number of amides is 1. The number of sulfonamides is 1. The summed E-state index contributed by atoms with van der Waals surface area (Å²) in [6.45, 7) is 0.638. The van der Waals surface area contributed by atoms with Gasteiger partial charge in [-0.3, -0.25) is 4.79 Å². The van der Waals surface area contributed by atoms with Crippen LogP contribution in [0, 0.1) is 5.82 Å². The number of halogens is 1. The van der Waals surface area contributed by atoms with Crippen LogP contribution < -0.4 is 10.1 Å². The average molecular weight is 360 g/mol. The molecule has 0 aromatic heterocycles. The quantitative estimate of drug-likeness (QED) is 0.776. The number of carbonyl (C=O) groups is 1. The highest BCUT2D eigenvalue weighted by Crippen LogP contribution is 2.26. The van der Waals surface area contributed by atoms with E-state index in [-0.39, 0.29) is 23.3 Å². The lowest BCUT2D eigenvalue weighted by atomic mass is 10.2. The molecule has 1 saturated heterocycles. The Hall–Kier alpha value is -1.71. The van der Waals surface area contributed by atoms with E-state index in [4.69, 9.17) is 9.47 Å². The van der Waals surface area contributed by atoms with Crippen LogP contribution in [0.5, 0.6) is 5.75 Å². The van der Waals surface area contributed by atoms with Crippen molar-refractivity contribution in [1.29, 1.82) is 0 Å². The molecule has 2 rings (SSSR count). The zero-order chi connectivity index (χ0) is 17.7. The van der Waals surface area contributed by atoms with Crippen molar-refractivity contribution in [2.24, 2.45) is 0 Å². The van der Waals surface area contributed by atoms with E-state index in [0.717, 1.165) is 29.3 Å². The SMILES string of the molecule is COc1ccc(F)cc1S(=O)(=O)N(C)CC(=O)NCC1CCCO1. The number of hydrogen-bond acceptors (Lipinski definition) is 5. The molecule has 1 aromatic rings. The third-order valence-electron chi connectivity index (χ3n) is 3.73. The van der Waals surface area contributed by atoms with Crippen molar-refractivity contribution in [2.75, 3.05) is 33.9 Å². The van der Waals surface area contributed by atoms with Crippen molar-refractivity contribution in [3.8, 4) is 5.75 Å². The minimum atomic E-state index is -4.06. The lowest BCUT2D eigenvalue weighted by Crippen LogP contribution is -2.40. The summed E-state index contributed by atoms with van der Waals surface area (Å²) in [6.07, 6.45) is 1.79. The zero-order valence-electron chi connectivity index (χ0n) is 13.6. The predicted molar refractivity (Wildman–Crippen MR) is 84.8 cm³/mol. The lowest BCUT2D eigenvalue weighted by molar-refractivity contribution is -0.121. The van der Waals surface area contributed by atoms with Crippen molar-refractivity contribution in [3.63, 3.8) is 0 Å².